The summed E-state index contributed by atoms with van der Waals surface area (Å²) in [6.07, 6.45) is 0.621. The molecule has 0 saturated carbocycles. The van der Waals surface area contributed by atoms with Gasteiger partial charge in [0.25, 0.3) is 11.8 Å². The monoisotopic (exact) mass is 337 g/mol. The quantitative estimate of drug-likeness (QED) is 0.600. The number of benzene rings is 2. The highest BCUT2D eigenvalue weighted by Crippen LogP contribution is 2.23. The predicted molar refractivity (Wildman–Crippen MR) is 92.2 cm³/mol. The van der Waals surface area contributed by atoms with Crippen LogP contribution >= 0.6 is 0 Å². The van der Waals surface area contributed by atoms with Gasteiger partial charge < -0.3 is 4.74 Å². The van der Waals surface area contributed by atoms with Crippen molar-refractivity contribution < 1.29 is 19.1 Å². The third-order valence-electron chi connectivity index (χ3n) is 4.33. The number of esters is 1. The molecule has 0 aromatic heterocycles. The van der Waals surface area contributed by atoms with Gasteiger partial charge in [0.15, 0.2) is 0 Å². The maximum Gasteiger partial charge on any atom is 0.313 e. The molecule has 0 bridgehead atoms. The van der Waals surface area contributed by atoms with E-state index in [0.29, 0.717) is 17.5 Å². The van der Waals surface area contributed by atoms with Gasteiger partial charge in [-0.3, -0.25) is 19.3 Å². The number of carbonyl (C=O) groups excluding carboxylic acids is 3. The van der Waals surface area contributed by atoms with E-state index in [1.807, 2.05) is 37.3 Å². The molecule has 1 aliphatic rings. The Labute approximate surface area is 146 Å². The Bertz CT molecular complexity index is 765. The van der Waals surface area contributed by atoms with E-state index in [1.54, 1.807) is 24.3 Å². The van der Waals surface area contributed by atoms with Crippen molar-refractivity contribution in [1.29, 1.82) is 0 Å². The lowest BCUT2D eigenvalue weighted by Crippen LogP contribution is -2.34. The van der Waals surface area contributed by atoms with Gasteiger partial charge in [-0.2, -0.15) is 0 Å². The molecule has 0 spiro atoms. The Morgan fingerprint density at radius 1 is 0.960 bits per heavy atom. The third-order valence-corrected chi connectivity index (χ3v) is 4.33. The summed E-state index contributed by atoms with van der Waals surface area (Å²) >= 11 is 0. The van der Waals surface area contributed by atoms with Gasteiger partial charge in [0.1, 0.15) is 6.61 Å². The fourth-order valence-corrected chi connectivity index (χ4v) is 3.00. The van der Waals surface area contributed by atoms with Crippen LogP contribution in [0.2, 0.25) is 0 Å². The summed E-state index contributed by atoms with van der Waals surface area (Å²) in [5.74, 6) is -1.37. The first-order valence-electron chi connectivity index (χ1n) is 8.30. The van der Waals surface area contributed by atoms with E-state index in [1.165, 1.54) is 0 Å². The molecule has 1 aliphatic heterocycles. The number of amides is 2. The Kier molecular flexibility index (Phi) is 4.93. The SMILES string of the molecule is CCC(C(=O)OCCN1C(=O)c2ccccc2C1=O)c1ccccc1. The summed E-state index contributed by atoms with van der Waals surface area (Å²) in [4.78, 5) is 38.0. The smallest absolute Gasteiger partial charge is 0.313 e. The fraction of sp³-hybridized carbons (Fsp3) is 0.250. The molecule has 25 heavy (non-hydrogen) atoms. The Morgan fingerprint density at radius 3 is 2.08 bits per heavy atom. The van der Waals surface area contributed by atoms with Crippen molar-refractivity contribution in [3.05, 3.63) is 71.3 Å². The van der Waals surface area contributed by atoms with Crippen LogP contribution in [-0.4, -0.2) is 35.8 Å². The van der Waals surface area contributed by atoms with Gasteiger partial charge in [-0.1, -0.05) is 49.4 Å². The average molecular weight is 337 g/mol. The van der Waals surface area contributed by atoms with Crippen LogP contribution in [0, 0.1) is 0 Å². The lowest BCUT2D eigenvalue weighted by molar-refractivity contribution is -0.145. The van der Waals surface area contributed by atoms with E-state index >= 15 is 0 Å². The van der Waals surface area contributed by atoms with E-state index in [-0.39, 0.29) is 36.9 Å². The van der Waals surface area contributed by atoms with Gasteiger partial charge in [-0.25, -0.2) is 0 Å². The highest BCUT2D eigenvalue weighted by Gasteiger charge is 2.35. The summed E-state index contributed by atoms with van der Waals surface area (Å²) in [5.41, 5.74) is 1.69. The molecule has 0 fully saturated rings. The van der Waals surface area contributed by atoms with Crippen molar-refractivity contribution in [2.75, 3.05) is 13.2 Å². The lowest BCUT2D eigenvalue weighted by atomic mass is 9.97. The van der Waals surface area contributed by atoms with Crippen LogP contribution < -0.4 is 0 Å². The van der Waals surface area contributed by atoms with Gasteiger partial charge >= 0.3 is 5.97 Å². The first-order chi connectivity index (χ1) is 12.1. The van der Waals surface area contributed by atoms with E-state index in [2.05, 4.69) is 0 Å². The van der Waals surface area contributed by atoms with Gasteiger partial charge in [-0.05, 0) is 24.1 Å². The van der Waals surface area contributed by atoms with E-state index in [0.717, 1.165) is 10.5 Å². The van der Waals surface area contributed by atoms with Gasteiger partial charge in [-0.15, -0.1) is 0 Å². The topological polar surface area (TPSA) is 63.7 Å². The van der Waals surface area contributed by atoms with Crippen LogP contribution in [0.15, 0.2) is 54.6 Å². The zero-order valence-electron chi connectivity index (χ0n) is 14.0. The molecule has 5 heteroatoms. The largest absolute Gasteiger partial charge is 0.463 e. The second-order valence-corrected chi connectivity index (χ2v) is 5.85. The highest BCUT2D eigenvalue weighted by molar-refractivity contribution is 6.21. The number of rotatable bonds is 6. The van der Waals surface area contributed by atoms with E-state index in [4.69, 9.17) is 4.74 Å². The van der Waals surface area contributed by atoms with E-state index in [9.17, 15) is 14.4 Å². The van der Waals surface area contributed by atoms with E-state index < -0.39 is 0 Å². The lowest BCUT2D eigenvalue weighted by Gasteiger charge is -2.17. The number of hydrogen-bond donors (Lipinski definition) is 0. The molecule has 2 aromatic carbocycles. The van der Waals surface area contributed by atoms with Crippen LogP contribution in [0.1, 0.15) is 45.5 Å². The van der Waals surface area contributed by atoms with Crippen LogP contribution in [0.5, 0.6) is 0 Å². The molecule has 1 heterocycles. The number of ether oxygens (including phenoxy) is 1. The normalized spacial score (nSPS) is 14.4. The number of fused-ring (bicyclic) bond motifs is 1. The molecular weight excluding hydrogens is 318 g/mol. The van der Waals surface area contributed by atoms with Crippen molar-refractivity contribution in [1.82, 2.24) is 4.90 Å². The van der Waals surface area contributed by atoms with Gasteiger partial charge in [0.05, 0.1) is 23.6 Å². The summed E-state index contributed by atoms with van der Waals surface area (Å²) in [6, 6.07) is 16.1. The number of carbonyl (C=O) groups is 3. The van der Waals surface area contributed by atoms with Gasteiger partial charge in [0.2, 0.25) is 0 Å². The molecule has 3 rings (SSSR count). The first kappa shape index (κ1) is 16.9. The van der Waals surface area contributed by atoms with Crippen LogP contribution in [0.4, 0.5) is 0 Å². The number of nitrogens with zero attached hydrogens (tertiary/aromatic N) is 1. The van der Waals surface area contributed by atoms with Crippen molar-refractivity contribution in [2.24, 2.45) is 0 Å². The molecule has 0 aliphatic carbocycles. The Morgan fingerprint density at radius 2 is 1.52 bits per heavy atom. The van der Waals surface area contributed by atoms with Crippen LogP contribution in [0.3, 0.4) is 0 Å². The van der Waals surface area contributed by atoms with Crippen molar-refractivity contribution in [3.63, 3.8) is 0 Å². The summed E-state index contributed by atoms with van der Waals surface area (Å²) in [7, 11) is 0. The second kappa shape index (κ2) is 7.30. The highest BCUT2D eigenvalue weighted by atomic mass is 16.5. The second-order valence-electron chi connectivity index (χ2n) is 5.85. The average Bonchev–Trinajstić information content (AvgIpc) is 2.88. The first-order valence-corrected chi connectivity index (χ1v) is 8.30. The summed E-state index contributed by atoms with van der Waals surface area (Å²) in [6.45, 7) is 1.97. The minimum atomic E-state index is -0.344. The molecule has 0 radical (unpaired) electrons. The van der Waals surface area contributed by atoms with Crippen molar-refractivity contribution in [3.8, 4) is 0 Å². The zero-order chi connectivity index (χ0) is 17.8. The summed E-state index contributed by atoms with van der Waals surface area (Å²) in [5, 5.41) is 0. The van der Waals surface area contributed by atoms with Gasteiger partial charge in [0, 0.05) is 0 Å². The maximum absolute atomic E-state index is 12.3. The summed E-state index contributed by atoms with van der Waals surface area (Å²) < 4.78 is 5.32. The predicted octanol–water partition coefficient (Wildman–Crippen LogP) is 3.02. The number of hydrogen-bond acceptors (Lipinski definition) is 4. The van der Waals surface area contributed by atoms with Crippen molar-refractivity contribution in [2.45, 2.75) is 19.3 Å². The molecule has 5 nitrogen and oxygen atoms in total. The molecular formula is C20H19NO4. The molecule has 2 aromatic rings. The maximum atomic E-state index is 12.3. The fourth-order valence-electron chi connectivity index (χ4n) is 3.00. The molecule has 1 unspecified atom stereocenters. The Hall–Kier alpha value is -2.95. The molecule has 1 atom stereocenters. The minimum Gasteiger partial charge on any atom is -0.463 e. The third kappa shape index (κ3) is 3.31. The van der Waals surface area contributed by atoms with Crippen LogP contribution in [0.25, 0.3) is 0 Å². The number of imide groups is 1. The Balaban J connectivity index is 1.59. The molecule has 128 valence electrons. The molecule has 2 amide bonds. The standard InChI is InChI=1S/C20H19NO4/c1-2-15(14-8-4-3-5-9-14)20(24)25-13-12-21-18(22)16-10-6-7-11-17(16)19(21)23/h3-11,15H,2,12-13H2,1H3. The van der Waals surface area contributed by atoms with Crippen molar-refractivity contribution >= 4 is 17.8 Å². The molecule has 0 saturated heterocycles. The minimum absolute atomic E-state index is 0.00631. The zero-order valence-corrected chi connectivity index (χ0v) is 14.0. The molecule has 0 N–H and O–H groups in total. The van der Waals surface area contributed by atoms with Crippen LogP contribution in [-0.2, 0) is 9.53 Å².